The first-order chi connectivity index (χ1) is 11.4. The molecular weight excluding hydrogens is 346 g/mol. The van der Waals surface area contributed by atoms with Crippen LogP contribution >= 0.6 is 11.3 Å². The smallest absolute Gasteiger partial charge is 0.251 e. The van der Waals surface area contributed by atoms with Gasteiger partial charge in [-0.1, -0.05) is 6.07 Å². The Balaban J connectivity index is 1.89. The van der Waals surface area contributed by atoms with E-state index in [0.29, 0.717) is 12.7 Å². The Morgan fingerprint density at radius 3 is 2.75 bits per heavy atom. The molecular formula is C16H21N3O3S2. The van der Waals surface area contributed by atoms with E-state index >= 15 is 0 Å². The molecule has 0 aliphatic carbocycles. The van der Waals surface area contributed by atoms with E-state index in [2.05, 4.69) is 16.3 Å². The Morgan fingerprint density at radius 1 is 1.29 bits per heavy atom. The summed E-state index contributed by atoms with van der Waals surface area (Å²) in [7, 11) is -0.581. The maximum Gasteiger partial charge on any atom is 0.251 e. The van der Waals surface area contributed by atoms with Gasteiger partial charge < -0.3 is 4.57 Å². The van der Waals surface area contributed by atoms with Crippen LogP contribution in [0.25, 0.3) is 0 Å². The Kier molecular flexibility index (Phi) is 4.91. The molecule has 1 aliphatic rings. The molecule has 0 bridgehead atoms. The minimum absolute atomic E-state index is 0.138. The fourth-order valence-electron chi connectivity index (χ4n) is 2.98. The van der Waals surface area contributed by atoms with Crippen LogP contribution in [0.1, 0.15) is 23.8 Å². The summed E-state index contributed by atoms with van der Waals surface area (Å²) in [4.78, 5) is 15.8. The Morgan fingerprint density at radius 2 is 2.08 bits per heavy atom. The van der Waals surface area contributed by atoms with Crippen molar-refractivity contribution in [3.05, 3.63) is 51.1 Å². The summed E-state index contributed by atoms with van der Waals surface area (Å²) in [6, 6.07) is 7.14. The van der Waals surface area contributed by atoms with E-state index in [1.165, 1.54) is 41.9 Å². The van der Waals surface area contributed by atoms with Crippen molar-refractivity contribution in [2.24, 2.45) is 0 Å². The standard InChI is InChI=1S/C16H21N3O3S2/c1-17(2)24(21,22)13-7-8-16(20)19(11-13)12-18-9-3-5-14(18)15-6-4-10-23-15/h4,6-8,10-11,14H,3,5,9,12H2,1-2H3/t14-/m1/s1. The lowest BCUT2D eigenvalue weighted by Crippen LogP contribution is -2.32. The van der Waals surface area contributed by atoms with Gasteiger partial charge in [0.2, 0.25) is 10.0 Å². The first-order valence-electron chi connectivity index (χ1n) is 7.80. The van der Waals surface area contributed by atoms with Gasteiger partial charge in [0.1, 0.15) is 0 Å². The molecule has 0 spiro atoms. The third-order valence-corrected chi connectivity index (χ3v) is 7.08. The zero-order valence-corrected chi connectivity index (χ0v) is 15.4. The molecule has 6 nitrogen and oxygen atoms in total. The summed E-state index contributed by atoms with van der Waals surface area (Å²) >= 11 is 1.72. The summed E-state index contributed by atoms with van der Waals surface area (Å²) in [6.45, 7) is 1.30. The Bertz CT molecular complexity index is 857. The number of sulfonamides is 1. The third-order valence-electron chi connectivity index (χ3n) is 4.30. The van der Waals surface area contributed by atoms with Crippen LogP contribution in [0.5, 0.6) is 0 Å². The third kappa shape index (κ3) is 3.32. The molecule has 2 aromatic rings. The van der Waals surface area contributed by atoms with Gasteiger partial charge in [-0.3, -0.25) is 9.69 Å². The lowest BCUT2D eigenvalue weighted by molar-refractivity contribution is 0.201. The molecule has 0 aromatic carbocycles. The quantitative estimate of drug-likeness (QED) is 0.810. The molecule has 2 aromatic heterocycles. The number of hydrogen-bond donors (Lipinski definition) is 0. The van der Waals surface area contributed by atoms with E-state index in [1.54, 1.807) is 11.3 Å². The average Bonchev–Trinajstić information content (AvgIpc) is 3.19. The van der Waals surface area contributed by atoms with E-state index < -0.39 is 10.0 Å². The highest BCUT2D eigenvalue weighted by Crippen LogP contribution is 2.34. The fourth-order valence-corrected chi connectivity index (χ4v) is 4.80. The van der Waals surface area contributed by atoms with E-state index in [4.69, 9.17) is 0 Å². The summed E-state index contributed by atoms with van der Waals surface area (Å²) in [5.74, 6) is 0. The first-order valence-corrected chi connectivity index (χ1v) is 10.1. The molecule has 130 valence electrons. The minimum atomic E-state index is -3.55. The molecule has 8 heteroatoms. The van der Waals surface area contributed by atoms with Crippen LogP contribution in [-0.2, 0) is 16.7 Å². The molecule has 0 radical (unpaired) electrons. The normalized spacial score (nSPS) is 19.2. The Labute approximate surface area is 146 Å². The second-order valence-electron chi connectivity index (χ2n) is 6.09. The second-order valence-corrected chi connectivity index (χ2v) is 9.22. The summed E-state index contributed by atoms with van der Waals surface area (Å²) in [6.07, 6.45) is 3.58. The maximum atomic E-state index is 12.3. The van der Waals surface area contributed by atoms with Crippen molar-refractivity contribution in [2.45, 2.75) is 30.4 Å². The second kappa shape index (κ2) is 6.79. The van der Waals surface area contributed by atoms with Crippen LogP contribution in [0.4, 0.5) is 0 Å². The van der Waals surface area contributed by atoms with Gasteiger partial charge in [-0.15, -0.1) is 11.3 Å². The number of nitrogens with zero attached hydrogens (tertiary/aromatic N) is 3. The van der Waals surface area contributed by atoms with Crippen LogP contribution < -0.4 is 5.56 Å². The van der Waals surface area contributed by atoms with E-state index in [1.807, 2.05) is 6.07 Å². The average molecular weight is 367 g/mol. The number of pyridine rings is 1. The highest BCUT2D eigenvalue weighted by molar-refractivity contribution is 7.89. The highest BCUT2D eigenvalue weighted by atomic mass is 32.2. The number of likely N-dealkylation sites (tertiary alicyclic amines) is 1. The molecule has 0 saturated carbocycles. The SMILES string of the molecule is CN(C)S(=O)(=O)c1ccc(=O)n(CN2CCC[C@@H]2c2cccs2)c1. The van der Waals surface area contributed by atoms with E-state index in [0.717, 1.165) is 23.7 Å². The van der Waals surface area contributed by atoms with Crippen LogP contribution in [0.3, 0.4) is 0 Å². The molecule has 1 aliphatic heterocycles. The van der Waals surface area contributed by atoms with Crippen molar-refractivity contribution in [3.8, 4) is 0 Å². The zero-order chi connectivity index (χ0) is 17.3. The lowest BCUT2D eigenvalue weighted by atomic mass is 10.2. The van der Waals surface area contributed by atoms with Gasteiger partial charge in [0.05, 0.1) is 11.6 Å². The van der Waals surface area contributed by atoms with Crippen molar-refractivity contribution in [1.82, 2.24) is 13.8 Å². The first kappa shape index (κ1) is 17.3. The highest BCUT2D eigenvalue weighted by Gasteiger charge is 2.27. The van der Waals surface area contributed by atoms with Gasteiger partial charge in [0.15, 0.2) is 0 Å². The molecule has 3 rings (SSSR count). The van der Waals surface area contributed by atoms with Crippen molar-refractivity contribution < 1.29 is 8.42 Å². The zero-order valence-electron chi connectivity index (χ0n) is 13.8. The van der Waals surface area contributed by atoms with Crippen LogP contribution in [0.15, 0.2) is 45.5 Å². The van der Waals surface area contributed by atoms with Crippen molar-refractivity contribution in [3.63, 3.8) is 0 Å². The molecule has 1 fully saturated rings. The number of hydrogen-bond acceptors (Lipinski definition) is 5. The van der Waals surface area contributed by atoms with Crippen molar-refractivity contribution in [1.29, 1.82) is 0 Å². The predicted molar refractivity (Wildman–Crippen MR) is 94.6 cm³/mol. The van der Waals surface area contributed by atoms with E-state index in [-0.39, 0.29) is 10.5 Å². The van der Waals surface area contributed by atoms with Gasteiger partial charge in [-0.25, -0.2) is 12.7 Å². The van der Waals surface area contributed by atoms with Gasteiger partial charge in [0, 0.05) is 43.8 Å². The summed E-state index contributed by atoms with van der Waals surface area (Å²) in [5, 5.41) is 2.06. The largest absolute Gasteiger partial charge is 0.301 e. The lowest BCUT2D eigenvalue weighted by Gasteiger charge is -2.24. The maximum absolute atomic E-state index is 12.3. The molecule has 1 atom stereocenters. The monoisotopic (exact) mass is 367 g/mol. The van der Waals surface area contributed by atoms with Crippen molar-refractivity contribution in [2.75, 3.05) is 20.6 Å². The van der Waals surface area contributed by atoms with Crippen LogP contribution in [-0.4, -0.2) is 42.8 Å². The fraction of sp³-hybridized carbons (Fsp3) is 0.438. The molecule has 0 unspecified atom stereocenters. The van der Waals surface area contributed by atoms with Gasteiger partial charge in [-0.05, 0) is 30.4 Å². The van der Waals surface area contributed by atoms with Gasteiger partial charge in [0.25, 0.3) is 5.56 Å². The summed E-state index contributed by atoms with van der Waals surface area (Å²) < 4.78 is 27.2. The van der Waals surface area contributed by atoms with Crippen LogP contribution in [0.2, 0.25) is 0 Å². The predicted octanol–water partition coefficient (Wildman–Crippen LogP) is 1.95. The van der Waals surface area contributed by atoms with Crippen molar-refractivity contribution >= 4 is 21.4 Å². The summed E-state index contributed by atoms with van der Waals surface area (Å²) in [5.41, 5.74) is -0.190. The van der Waals surface area contributed by atoms with Gasteiger partial charge in [-0.2, -0.15) is 0 Å². The molecule has 1 saturated heterocycles. The Hall–Kier alpha value is -1.48. The number of thiophene rings is 1. The number of rotatable bonds is 5. The molecule has 0 amide bonds. The minimum Gasteiger partial charge on any atom is -0.301 e. The molecule has 0 N–H and O–H groups in total. The molecule has 24 heavy (non-hydrogen) atoms. The molecule has 3 heterocycles. The number of aromatic nitrogens is 1. The van der Waals surface area contributed by atoms with Crippen LogP contribution in [0, 0.1) is 0 Å². The topological polar surface area (TPSA) is 62.6 Å². The van der Waals surface area contributed by atoms with E-state index in [9.17, 15) is 13.2 Å². The van der Waals surface area contributed by atoms with Gasteiger partial charge >= 0.3 is 0 Å².